The lowest BCUT2D eigenvalue weighted by Gasteiger charge is -2.26. The van der Waals surface area contributed by atoms with Crippen LogP contribution in [0.3, 0.4) is 0 Å². The van der Waals surface area contributed by atoms with Gasteiger partial charge in [-0.15, -0.1) is 0 Å². The Hall–Kier alpha value is -1.38. The van der Waals surface area contributed by atoms with Gasteiger partial charge in [-0.25, -0.2) is 4.39 Å². The third-order valence-corrected chi connectivity index (χ3v) is 2.68. The summed E-state index contributed by atoms with van der Waals surface area (Å²) in [6, 6.07) is 4.36. The maximum absolute atomic E-state index is 13.5. The number of carbonyl (C=O) groups excluding carboxylic acids is 1. The Morgan fingerprint density at radius 3 is 2.67 bits per heavy atom. The van der Waals surface area contributed by atoms with Crippen LogP contribution >= 0.6 is 0 Å². The largest absolute Gasteiger partial charge is 0.487 e. The molecule has 0 unspecified atom stereocenters. The number of hydrogen-bond acceptors (Lipinski definition) is 2. The average molecular weight is 208 g/mol. The molecule has 1 aromatic rings. The molecule has 15 heavy (non-hydrogen) atoms. The highest BCUT2D eigenvalue weighted by Gasteiger charge is 2.20. The number of halogens is 1. The predicted octanol–water partition coefficient (Wildman–Crippen LogP) is 2.96. The second kappa shape index (κ2) is 4.01. The first kappa shape index (κ1) is 10.1. The van der Waals surface area contributed by atoms with Gasteiger partial charge in [0.25, 0.3) is 0 Å². The summed E-state index contributed by atoms with van der Waals surface area (Å²) in [5.74, 6) is -0.330. The number of Topliss-reactive ketones (excluding diaryl/α,β-unsaturated/α-hetero) is 1. The van der Waals surface area contributed by atoms with Gasteiger partial charge in [0, 0.05) is 5.56 Å². The molecule has 0 aliphatic heterocycles. The first-order valence-electron chi connectivity index (χ1n) is 5.14. The van der Waals surface area contributed by atoms with Crippen molar-refractivity contribution in [3.63, 3.8) is 0 Å². The number of ether oxygens (including phenoxy) is 1. The van der Waals surface area contributed by atoms with Crippen molar-refractivity contribution in [2.45, 2.75) is 32.3 Å². The quantitative estimate of drug-likeness (QED) is 0.714. The van der Waals surface area contributed by atoms with Crippen molar-refractivity contribution in [2.24, 2.45) is 0 Å². The van der Waals surface area contributed by atoms with Crippen LogP contribution in [0, 0.1) is 5.82 Å². The molecule has 0 spiro atoms. The summed E-state index contributed by atoms with van der Waals surface area (Å²) in [5, 5.41) is 0. The van der Waals surface area contributed by atoms with E-state index in [1.165, 1.54) is 19.1 Å². The van der Waals surface area contributed by atoms with Crippen molar-refractivity contribution < 1.29 is 13.9 Å². The number of ketones is 1. The minimum Gasteiger partial charge on any atom is -0.487 e. The highest BCUT2D eigenvalue weighted by Crippen LogP contribution is 2.27. The smallest absolute Gasteiger partial charge is 0.165 e. The van der Waals surface area contributed by atoms with Gasteiger partial charge in [0.05, 0.1) is 6.10 Å². The molecule has 1 aliphatic carbocycles. The molecule has 0 amide bonds. The van der Waals surface area contributed by atoms with Gasteiger partial charge in [0.2, 0.25) is 0 Å². The van der Waals surface area contributed by atoms with E-state index in [2.05, 4.69) is 0 Å². The molecule has 1 aromatic carbocycles. The molecule has 1 saturated carbocycles. The van der Waals surface area contributed by atoms with Crippen LogP contribution in [0.4, 0.5) is 4.39 Å². The summed E-state index contributed by atoms with van der Waals surface area (Å²) in [4.78, 5) is 11.0. The molecule has 3 heteroatoms. The van der Waals surface area contributed by atoms with Crippen molar-refractivity contribution in [1.82, 2.24) is 0 Å². The zero-order valence-corrected chi connectivity index (χ0v) is 8.63. The van der Waals surface area contributed by atoms with Crippen LogP contribution in [0.1, 0.15) is 36.5 Å². The van der Waals surface area contributed by atoms with Gasteiger partial charge in [-0.3, -0.25) is 4.79 Å². The predicted molar refractivity (Wildman–Crippen MR) is 54.7 cm³/mol. The molecule has 2 nitrogen and oxygen atoms in total. The summed E-state index contributed by atoms with van der Waals surface area (Å²) in [6.45, 7) is 1.42. The lowest BCUT2D eigenvalue weighted by Crippen LogP contribution is -2.25. The highest BCUT2D eigenvalue weighted by molar-refractivity contribution is 5.94. The first-order valence-corrected chi connectivity index (χ1v) is 5.14. The number of carbonyl (C=O) groups is 1. The number of hydrogen-bond donors (Lipinski definition) is 0. The van der Waals surface area contributed by atoms with E-state index in [0.717, 1.165) is 19.3 Å². The van der Waals surface area contributed by atoms with Gasteiger partial charge in [-0.05, 0) is 44.4 Å². The second-order valence-corrected chi connectivity index (χ2v) is 3.87. The molecular weight excluding hydrogens is 195 g/mol. The van der Waals surface area contributed by atoms with E-state index in [4.69, 9.17) is 4.74 Å². The van der Waals surface area contributed by atoms with Gasteiger partial charge < -0.3 is 4.74 Å². The second-order valence-electron chi connectivity index (χ2n) is 3.87. The fraction of sp³-hybridized carbons (Fsp3) is 0.417. The Morgan fingerprint density at radius 1 is 1.47 bits per heavy atom. The average Bonchev–Trinajstić information content (AvgIpc) is 2.12. The first-order chi connectivity index (χ1) is 7.16. The van der Waals surface area contributed by atoms with E-state index in [1.54, 1.807) is 6.07 Å². The SMILES string of the molecule is CC(=O)c1ccc(OC2CCC2)c(F)c1. The van der Waals surface area contributed by atoms with Crippen molar-refractivity contribution >= 4 is 5.78 Å². The fourth-order valence-corrected chi connectivity index (χ4v) is 1.48. The Kier molecular flexibility index (Phi) is 2.71. The Labute approximate surface area is 88.1 Å². The van der Waals surface area contributed by atoms with Crippen molar-refractivity contribution in [3.05, 3.63) is 29.6 Å². The van der Waals surface area contributed by atoms with Crippen LogP contribution < -0.4 is 4.74 Å². The summed E-state index contributed by atoms with van der Waals surface area (Å²) in [5.41, 5.74) is 0.383. The normalized spacial score (nSPS) is 15.9. The number of benzene rings is 1. The fourth-order valence-electron chi connectivity index (χ4n) is 1.48. The van der Waals surface area contributed by atoms with Gasteiger partial charge >= 0.3 is 0 Å². The molecular formula is C12H13FO2. The van der Waals surface area contributed by atoms with Crippen LogP contribution in [-0.2, 0) is 0 Å². The Bertz CT molecular complexity index is 383. The minimum absolute atomic E-state index is 0.135. The molecule has 80 valence electrons. The standard InChI is InChI=1S/C12H13FO2/c1-8(14)9-5-6-12(11(13)7-9)15-10-3-2-4-10/h5-7,10H,2-4H2,1H3. The van der Waals surface area contributed by atoms with Gasteiger partial charge in [0.15, 0.2) is 17.3 Å². The van der Waals surface area contributed by atoms with Crippen LogP contribution in [0.15, 0.2) is 18.2 Å². The minimum atomic E-state index is -0.449. The number of rotatable bonds is 3. The van der Waals surface area contributed by atoms with Crippen LogP contribution in [0.25, 0.3) is 0 Å². The van der Waals surface area contributed by atoms with Crippen molar-refractivity contribution in [2.75, 3.05) is 0 Å². The molecule has 0 N–H and O–H groups in total. The zero-order valence-electron chi connectivity index (χ0n) is 8.63. The third kappa shape index (κ3) is 2.17. The monoisotopic (exact) mass is 208 g/mol. The molecule has 0 aromatic heterocycles. The van der Waals surface area contributed by atoms with E-state index in [9.17, 15) is 9.18 Å². The molecule has 0 heterocycles. The Morgan fingerprint density at radius 2 is 2.20 bits per heavy atom. The molecule has 0 saturated heterocycles. The van der Waals surface area contributed by atoms with Crippen LogP contribution in [0.5, 0.6) is 5.75 Å². The molecule has 0 atom stereocenters. The van der Waals surface area contributed by atoms with E-state index in [1.807, 2.05) is 0 Å². The van der Waals surface area contributed by atoms with Gasteiger partial charge in [-0.2, -0.15) is 0 Å². The lowest BCUT2D eigenvalue weighted by molar-refractivity contribution is 0.101. The summed E-state index contributed by atoms with van der Waals surface area (Å²) in [7, 11) is 0. The summed E-state index contributed by atoms with van der Waals surface area (Å²) in [6.07, 6.45) is 3.29. The van der Waals surface area contributed by atoms with Crippen molar-refractivity contribution in [1.29, 1.82) is 0 Å². The summed E-state index contributed by atoms with van der Waals surface area (Å²) < 4.78 is 18.9. The molecule has 0 bridgehead atoms. The van der Waals surface area contributed by atoms with Gasteiger partial charge in [-0.1, -0.05) is 0 Å². The van der Waals surface area contributed by atoms with E-state index >= 15 is 0 Å². The summed E-state index contributed by atoms with van der Waals surface area (Å²) >= 11 is 0. The topological polar surface area (TPSA) is 26.3 Å². The van der Waals surface area contributed by atoms with Crippen LogP contribution in [0.2, 0.25) is 0 Å². The third-order valence-electron chi connectivity index (χ3n) is 2.68. The zero-order chi connectivity index (χ0) is 10.8. The maximum Gasteiger partial charge on any atom is 0.165 e. The molecule has 1 fully saturated rings. The van der Waals surface area contributed by atoms with E-state index in [0.29, 0.717) is 5.56 Å². The highest BCUT2D eigenvalue weighted by atomic mass is 19.1. The molecule has 1 aliphatic rings. The maximum atomic E-state index is 13.5. The van der Waals surface area contributed by atoms with Gasteiger partial charge in [0.1, 0.15) is 0 Å². The Balaban J connectivity index is 2.14. The lowest BCUT2D eigenvalue weighted by atomic mass is 9.96. The van der Waals surface area contributed by atoms with E-state index < -0.39 is 5.82 Å². The molecule has 2 rings (SSSR count). The van der Waals surface area contributed by atoms with Crippen molar-refractivity contribution in [3.8, 4) is 5.75 Å². The van der Waals surface area contributed by atoms with E-state index in [-0.39, 0.29) is 17.6 Å². The van der Waals surface area contributed by atoms with Crippen LogP contribution in [-0.4, -0.2) is 11.9 Å². The molecule has 0 radical (unpaired) electrons.